The summed E-state index contributed by atoms with van der Waals surface area (Å²) in [7, 11) is 0. The van der Waals surface area contributed by atoms with Crippen LogP contribution in [0, 0.1) is 0 Å². The van der Waals surface area contributed by atoms with Crippen molar-refractivity contribution < 1.29 is 19.8 Å². The first-order chi connectivity index (χ1) is 37.4. The summed E-state index contributed by atoms with van der Waals surface area (Å²) in [6, 6.07) is 0. The molecule has 0 amide bonds. The van der Waals surface area contributed by atoms with Crippen molar-refractivity contribution in [2.45, 2.75) is 400 Å². The maximum atomic E-state index is 11.0. The van der Waals surface area contributed by atoms with Crippen molar-refractivity contribution in [2.24, 2.45) is 0 Å². The van der Waals surface area contributed by atoms with Crippen molar-refractivity contribution in [3.8, 4) is 0 Å². The van der Waals surface area contributed by atoms with Crippen LogP contribution in [0.1, 0.15) is 400 Å². The molecule has 0 fully saturated rings. The van der Waals surface area contributed by atoms with E-state index in [1.807, 2.05) is 0 Å². The van der Waals surface area contributed by atoms with E-state index in [9.17, 15) is 19.8 Å². The Balaban J connectivity index is -0.00000140. The van der Waals surface area contributed by atoms with E-state index in [0.29, 0.717) is 13.1 Å². The second-order valence-electron chi connectivity index (χ2n) is 24.3. The molecule has 7 heteroatoms. The summed E-state index contributed by atoms with van der Waals surface area (Å²) in [6.45, 7) is 14.7. The molecular weight excluding hydrogens is 973 g/mol. The summed E-state index contributed by atoms with van der Waals surface area (Å²) in [6.07, 6.45) is 77.8. The molecule has 0 saturated carbocycles. The van der Waals surface area contributed by atoms with E-state index in [1.165, 1.54) is 360 Å². The molecule has 0 rings (SSSR count). The van der Waals surface area contributed by atoms with Gasteiger partial charge in [-0.25, -0.2) is 0 Å². The number of hydrogen-bond donors (Lipinski definition) is 0. The van der Waals surface area contributed by atoms with Gasteiger partial charge in [-0.1, -0.05) is 362 Å². The Hall–Kier alpha value is 0.120. The van der Waals surface area contributed by atoms with Crippen molar-refractivity contribution in [3.63, 3.8) is 0 Å². The third-order valence-electron chi connectivity index (χ3n) is 16.6. The van der Waals surface area contributed by atoms with Gasteiger partial charge in [-0.15, -0.1) is 0 Å². The molecule has 0 radical (unpaired) electrons. The Morgan fingerprint density at radius 1 is 0.208 bits per heavy atom. The molecule has 0 N–H and O–H groups in total. The molecule has 0 atom stereocenters. The van der Waals surface area contributed by atoms with Gasteiger partial charge in [-0.3, -0.25) is 0 Å². The summed E-state index contributed by atoms with van der Waals surface area (Å²) >= 11 is 0. The zero-order valence-corrected chi connectivity index (χ0v) is 55.7. The summed E-state index contributed by atoms with van der Waals surface area (Å²) < 4.78 is 0. The first-order valence-electron chi connectivity index (χ1n) is 35.2. The minimum Gasteiger partial charge on any atom is -0.550 e. The van der Waals surface area contributed by atoms with Crippen LogP contribution < -0.4 is 10.2 Å². The molecule has 0 saturated heterocycles. The van der Waals surface area contributed by atoms with Crippen LogP contribution in [-0.4, -0.2) is 98.7 Å². The van der Waals surface area contributed by atoms with Crippen molar-refractivity contribution in [3.05, 3.63) is 0 Å². The zero-order valence-electron chi connectivity index (χ0n) is 53.5. The van der Waals surface area contributed by atoms with Gasteiger partial charge in [0.15, 0.2) is 0 Å². The average molecular weight is 1110 g/mol. The van der Waals surface area contributed by atoms with Crippen molar-refractivity contribution in [1.29, 1.82) is 0 Å². The van der Waals surface area contributed by atoms with Gasteiger partial charge in [-0.05, 0) is 64.7 Å². The van der Waals surface area contributed by atoms with Gasteiger partial charge >= 0.3 is 37.7 Å². The Labute approximate surface area is 514 Å². The van der Waals surface area contributed by atoms with Gasteiger partial charge in [0, 0.05) is 25.0 Å². The maximum Gasteiger partial charge on any atom is 2.00 e. The van der Waals surface area contributed by atoms with Gasteiger partial charge in [-0.2, -0.15) is 0 Å². The number of nitrogens with zero attached hydrogens (tertiary/aromatic N) is 2. The van der Waals surface area contributed by atoms with Crippen molar-refractivity contribution in [2.75, 3.05) is 39.3 Å². The molecule has 0 aromatic heterocycles. The molecule has 0 spiro atoms. The zero-order chi connectivity index (χ0) is 55.6. The van der Waals surface area contributed by atoms with Gasteiger partial charge in [0.25, 0.3) is 0 Å². The van der Waals surface area contributed by atoms with Crippen molar-refractivity contribution in [1.82, 2.24) is 9.80 Å². The monoisotopic (exact) mass is 1110 g/mol. The predicted octanol–water partition coefficient (Wildman–Crippen LogP) is 20.4. The Bertz CT molecular complexity index is 932. The fourth-order valence-electron chi connectivity index (χ4n) is 11.3. The van der Waals surface area contributed by atoms with Crippen LogP contribution in [0.4, 0.5) is 0 Å². The second kappa shape index (κ2) is 74.1. The van der Waals surface area contributed by atoms with E-state index < -0.39 is 11.9 Å². The second-order valence-corrected chi connectivity index (χ2v) is 24.3. The molecule has 0 aliphatic rings. The number of carbonyl (C=O) groups excluding carboxylic acids is 2. The number of hydrogen-bond acceptors (Lipinski definition) is 6. The van der Waals surface area contributed by atoms with Crippen molar-refractivity contribution >= 4 is 49.7 Å². The van der Waals surface area contributed by atoms with Crippen LogP contribution in [0.15, 0.2) is 0 Å². The quantitative estimate of drug-likeness (QED) is 0.0445. The Morgan fingerprint density at radius 3 is 0.442 bits per heavy atom. The molecule has 0 bridgehead atoms. The Kier molecular flexibility index (Phi) is 78.3. The SMILES string of the molecule is CCCCCCCCCCCCCCCCN(CCCCCCCCCCCCCCCC)CCC(=O)[O-].CCCCCCCCCCCCCCCCN(CCCCCCCCCCCCCCCC)CCC(=O)[O-].[Ca+2]. The van der Waals surface area contributed by atoms with E-state index >= 15 is 0 Å². The van der Waals surface area contributed by atoms with Crippen LogP contribution in [0.3, 0.4) is 0 Å². The molecule has 0 heterocycles. The third kappa shape index (κ3) is 76.1. The van der Waals surface area contributed by atoms with E-state index in [0.717, 1.165) is 26.2 Å². The van der Waals surface area contributed by atoms with Gasteiger partial charge in [0.05, 0.1) is 0 Å². The Morgan fingerprint density at radius 2 is 0.325 bits per heavy atom. The molecule has 0 aromatic carbocycles. The van der Waals surface area contributed by atoms with Gasteiger partial charge in [0.2, 0.25) is 0 Å². The molecule has 456 valence electrons. The van der Waals surface area contributed by atoms with Gasteiger partial charge in [0.1, 0.15) is 0 Å². The van der Waals surface area contributed by atoms with Crippen LogP contribution in [0.2, 0.25) is 0 Å². The topological polar surface area (TPSA) is 86.7 Å². The number of unbranched alkanes of at least 4 members (excludes halogenated alkanes) is 52. The van der Waals surface area contributed by atoms with Gasteiger partial charge < -0.3 is 29.6 Å². The standard InChI is InChI=1S/2C35H71NO2.Ca/c2*1-3-5-7-9-11-13-15-17-19-21-23-25-27-29-32-36(34-31-35(37)38)33-30-28-26-24-22-20-18-16-14-12-10-8-6-4-2;/h2*3-34H2,1-2H3,(H,37,38);/q;;+2/p-2. The largest absolute Gasteiger partial charge is 2.00 e. The third-order valence-corrected chi connectivity index (χ3v) is 16.6. The van der Waals surface area contributed by atoms with Crippen LogP contribution in [-0.2, 0) is 9.59 Å². The number of rotatable bonds is 66. The first-order valence-corrected chi connectivity index (χ1v) is 35.2. The minimum atomic E-state index is -0.906. The molecular formula is C70H140CaN2O4. The number of carboxylic acids is 2. The van der Waals surface area contributed by atoms with Crippen LogP contribution in [0.5, 0.6) is 0 Å². The summed E-state index contributed by atoms with van der Waals surface area (Å²) in [4.78, 5) is 26.7. The normalized spacial score (nSPS) is 11.4. The smallest absolute Gasteiger partial charge is 0.550 e. The molecule has 0 aliphatic carbocycles. The summed E-state index contributed by atoms with van der Waals surface area (Å²) in [5.41, 5.74) is 0. The maximum absolute atomic E-state index is 11.0. The van der Waals surface area contributed by atoms with E-state index in [2.05, 4.69) is 37.5 Å². The molecule has 0 unspecified atom stereocenters. The summed E-state index contributed by atoms with van der Waals surface area (Å²) in [5.74, 6) is -1.81. The molecule has 0 aliphatic heterocycles. The number of carbonyl (C=O) groups is 2. The molecule has 0 aromatic rings. The fourth-order valence-corrected chi connectivity index (χ4v) is 11.3. The predicted molar refractivity (Wildman–Crippen MR) is 339 cm³/mol. The number of carboxylic acid groups (broad SMARTS) is 2. The summed E-state index contributed by atoms with van der Waals surface area (Å²) in [5, 5.41) is 21.9. The fraction of sp³-hybridized carbons (Fsp3) is 0.971. The first kappa shape index (κ1) is 81.3. The molecule has 6 nitrogen and oxygen atoms in total. The average Bonchev–Trinajstić information content (AvgIpc) is 3.41. The van der Waals surface area contributed by atoms with E-state index in [-0.39, 0.29) is 50.6 Å². The van der Waals surface area contributed by atoms with Crippen LogP contribution in [0.25, 0.3) is 0 Å². The van der Waals surface area contributed by atoms with Crippen LogP contribution >= 0.6 is 0 Å². The van der Waals surface area contributed by atoms with E-state index in [4.69, 9.17) is 0 Å². The molecule has 77 heavy (non-hydrogen) atoms. The minimum absolute atomic E-state index is 0. The number of aliphatic carboxylic acids is 2. The van der Waals surface area contributed by atoms with E-state index in [1.54, 1.807) is 0 Å².